The number of carboxylic acid groups (broad SMARTS) is 1. The lowest BCUT2D eigenvalue weighted by Crippen LogP contribution is -2.39. The van der Waals surface area contributed by atoms with Gasteiger partial charge in [-0.3, -0.25) is 9.59 Å². The molecule has 0 aromatic heterocycles. The average molecular weight is 386 g/mol. The first-order valence-corrected chi connectivity index (χ1v) is 9.27. The first kappa shape index (κ1) is 20.6. The van der Waals surface area contributed by atoms with Crippen LogP contribution in [0.4, 0.5) is 4.39 Å². The second kappa shape index (κ2) is 9.33. The zero-order valence-electron chi connectivity index (χ0n) is 15.1. The van der Waals surface area contributed by atoms with Gasteiger partial charge in [0.2, 0.25) is 5.91 Å². The predicted molar refractivity (Wildman–Crippen MR) is 96.7 cm³/mol. The summed E-state index contributed by atoms with van der Waals surface area (Å²) in [5.41, 5.74) is 0.382. The highest BCUT2D eigenvalue weighted by atomic mass is 35.5. The Hall–Kier alpha value is -1.66. The fourth-order valence-electron chi connectivity index (χ4n) is 3.09. The van der Waals surface area contributed by atoms with E-state index < -0.39 is 17.7 Å². The van der Waals surface area contributed by atoms with Gasteiger partial charge in [-0.15, -0.1) is 0 Å². The number of benzene rings is 1. The molecule has 0 saturated heterocycles. The number of nitrogens with zero attached hydrogens (tertiary/aromatic N) is 1. The number of carbonyl (C=O) groups is 2. The molecule has 1 saturated carbocycles. The van der Waals surface area contributed by atoms with Gasteiger partial charge < -0.3 is 14.7 Å². The molecule has 5 nitrogen and oxygen atoms in total. The van der Waals surface area contributed by atoms with Gasteiger partial charge in [-0.05, 0) is 31.9 Å². The molecule has 2 rings (SSSR count). The molecule has 1 aromatic rings. The van der Waals surface area contributed by atoms with Crippen LogP contribution < -0.4 is 0 Å². The number of ether oxygens (including phenoxy) is 1. The van der Waals surface area contributed by atoms with E-state index in [0.717, 1.165) is 0 Å². The number of halogens is 2. The third-order valence-electron chi connectivity index (χ3n) is 4.63. The van der Waals surface area contributed by atoms with E-state index in [-0.39, 0.29) is 24.3 Å². The van der Waals surface area contributed by atoms with Gasteiger partial charge in [0.05, 0.1) is 5.92 Å². The first-order valence-electron chi connectivity index (χ1n) is 8.90. The van der Waals surface area contributed by atoms with Gasteiger partial charge in [-0.2, -0.15) is 0 Å². The Morgan fingerprint density at radius 2 is 2.19 bits per heavy atom. The van der Waals surface area contributed by atoms with Gasteiger partial charge in [0.25, 0.3) is 0 Å². The van der Waals surface area contributed by atoms with Crippen molar-refractivity contribution in [3.05, 3.63) is 34.6 Å². The van der Waals surface area contributed by atoms with Gasteiger partial charge in [-0.25, -0.2) is 4.39 Å². The standard InChI is InChI=1S/C19H25ClFNO4/c1-3-26-9-5-8-22(11-12(2)19(24)25)18(23)14-10-13(14)17-15(20)6-4-7-16(17)21/h4,6-7,12-14H,3,5,8-11H2,1-2H3,(H,24,25). The third kappa shape index (κ3) is 5.17. The molecule has 1 aliphatic carbocycles. The van der Waals surface area contributed by atoms with Gasteiger partial charge in [-0.1, -0.05) is 24.6 Å². The summed E-state index contributed by atoms with van der Waals surface area (Å²) in [6.07, 6.45) is 1.16. The molecule has 1 amide bonds. The number of carboxylic acids is 1. The summed E-state index contributed by atoms with van der Waals surface area (Å²) >= 11 is 6.10. The molecule has 0 aliphatic heterocycles. The van der Waals surface area contributed by atoms with Crippen LogP contribution in [-0.4, -0.2) is 48.2 Å². The van der Waals surface area contributed by atoms with Gasteiger partial charge in [0, 0.05) is 48.7 Å². The van der Waals surface area contributed by atoms with Crippen molar-refractivity contribution in [2.24, 2.45) is 11.8 Å². The van der Waals surface area contributed by atoms with E-state index in [0.29, 0.717) is 43.2 Å². The van der Waals surface area contributed by atoms with Crippen LogP contribution in [-0.2, 0) is 14.3 Å². The number of hydrogen-bond acceptors (Lipinski definition) is 3. The summed E-state index contributed by atoms with van der Waals surface area (Å²) < 4.78 is 19.4. The van der Waals surface area contributed by atoms with Crippen molar-refractivity contribution < 1.29 is 23.8 Å². The quantitative estimate of drug-likeness (QED) is 0.625. The Bertz CT molecular complexity index is 634. The number of hydrogen-bond donors (Lipinski definition) is 1. The molecule has 144 valence electrons. The van der Waals surface area contributed by atoms with E-state index in [4.69, 9.17) is 21.4 Å². The summed E-state index contributed by atoms with van der Waals surface area (Å²) in [5, 5.41) is 9.48. The fraction of sp³-hybridized carbons (Fsp3) is 0.579. The smallest absolute Gasteiger partial charge is 0.308 e. The molecular weight excluding hydrogens is 361 g/mol. The maximum atomic E-state index is 14.1. The molecule has 0 bridgehead atoms. The van der Waals surface area contributed by atoms with E-state index >= 15 is 0 Å². The molecule has 7 heteroatoms. The lowest BCUT2D eigenvalue weighted by molar-refractivity contribution is -0.143. The topological polar surface area (TPSA) is 66.8 Å². The van der Waals surface area contributed by atoms with Crippen LogP contribution >= 0.6 is 11.6 Å². The van der Waals surface area contributed by atoms with Gasteiger partial charge in [0.15, 0.2) is 0 Å². The molecule has 1 aromatic carbocycles. The molecule has 0 radical (unpaired) electrons. The van der Waals surface area contributed by atoms with E-state index in [1.807, 2.05) is 6.92 Å². The highest BCUT2D eigenvalue weighted by Crippen LogP contribution is 2.51. The SMILES string of the molecule is CCOCCCN(CC(C)C(=O)O)C(=O)C1CC1c1c(F)cccc1Cl. The Morgan fingerprint density at radius 1 is 1.46 bits per heavy atom. The number of amides is 1. The molecule has 1 N–H and O–H groups in total. The molecule has 3 atom stereocenters. The van der Waals surface area contributed by atoms with E-state index in [1.165, 1.54) is 12.1 Å². The minimum Gasteiger partial charge on any atom is -0.481 e. The fourth-order valence-corrected chi connectivity index (χ4v) is 3.39. The lowest BCUT2D eigenvalue weighted by Gasteiger charge is -2.25. The van der Waals surface area contributed by atoms with Crippen LogP contribution in [0, 0.1) is 17.7 Å². The van der Waals surface area contributed by atoms with Crippen LogP contribution in [0.3, 0.4) is 0 Å². The molecule has 26 heavy (non-hydrogen) atoms. The van der Waals surface area contributed by atoms with Crippen molar-refractivity contribution in [2.75, 3.05) is 26.3 Å². The van der Waals surface area contributed by atoms with Crippen molar-refractivity contribution in [3.63, 3.8) is 0 Å². The maximum Gasteiger partial charge on any atom is 0.308 e. The maximum absolute atomic E-state index is 14.1. The van der Waals surface area contributed by atoms with Crippen LogP contribution in [0.2, 0.25) is 5.02 Å². The molecular formula is C19H25ClFNO4. The molecule has 0 spiro atoms. The average Bonchev–Trinajstić information content (AvgIpc) is 3.36. The van der Waals surface area contributed by atoms with Gasteiger partial charge >= 0.3 is 5.97 Å². The number of aliphatic carboxylic acids is 1. The normalized spacial score (nSPS) is 19.8. The number of carbonyl (C=O) groups excluding carboxylic acids is 1. The monoisotopic (exact) mass is 385 g/mol. The van der Waals surface area contributed by atoms with Crippen LogP contribution in [0.15, 0.2) is 18.2 Å². The first-order chi connectivity index (χ1) is 12.4. The van der Waals surface area contributed by atoms with Crippen molar-refractivity contribution in [3.8, 4) is 0 Å². The van der Waals surface area contributed by atoms with Crippen molar-refractivity contribution >= 4 is 23.5 Å². The Kier molecular flexibility index (Phi) is 7.41. The van der Waals surface area contributed by atoms with E-state index in [1.54, 1.807) is 17.9 Å². The molecule has 1 aliphatic rings. The second-order valence-corrected chi connectivity index (χ2v) is 7.07. The highest BCUT2D eigenvalue weighted by Gasteiger charge is 2.47. The largest absolute Gasteiger partial charge is 0.481 e. The molecule has 3 unspecified atom stereocenters. The Balaban J connectivity index is 2.05. The lowest BCUT2D eigenvalue weighted by atomic mass is 10.1. The molecule has 0 heterocycles. The summed E-state index contributed by atoms with van der Waals surface area (Å²) in [6.45, 7) is 5.12. The summed E-state index contributed by atoms with van der Waals surface area (Å²) in [4.78, 5) is 25.6. The van der Waals surface area contributed by atoms with Crippen molar-refractivity contribution in [1.82, 2.24) is 4.90 Å². The summed E-state index contributed by atoms with van der Waals surface area (Å²) in [7, 11) is 0. The molecule has 1 fully saturated rings. The summed E-state index contributed by atoms with van der Waals surface area (Å²) in [6, 6.07) is 4.49. The van der Waals surface area contributed by atoms with Crippen LogP contribution in [0.5, 0.6) is 0 Å². The zero-order chi connectivity index (χ0) is 19.3. The van der Waals surface area contributed by atoms with Gasteiger partial charge in [0.1, 0.15) is 5.82 Å². The minimum absolute atomic E-state index is 0.133. The summed E-state index contributed by atoms with van der Waals surface area (Å²) in [5.74, 6) is -2.75. The van der Waals surface area contributed by atoms with E-state index in [2.05, 4.69) is 0 Å². The van der Waals surface area contributed by atoms with E-state index in [9.17, 15) is 14.0 Å². The van der Waals surface area contributed by atoms with Crippen molar-refractivity contribution in [1.29, 1.82) is 0 Å². The number of rotatable bonds is 10. The second-order valence-electron chi connectivity index (χ2n) is 6.66. The highest BCUT2D eigenvalue weighted by molar-refractivity contribution is 6.31. The van der Waals surface area contributed by atoms with Crippen molar-refractivity contribution in [2.45, 2.75) is 32.6 Å². The third-order valence-corrected chi connectivity index (χ3v) is 4.96. The zero-order valence-corrected chi connectivity index (χ0v) is 15.8. The van der Waals surface area contributed by atoms with Crippen LogP contribution in [0.25, 0.3) is 0 Å². The predicted octanol–water partition coefficient (Wildman–Crippen LogP) is 3.56. The van der Waals surface area contributed by atoms with Crippen LogP contribution in [0.1, 0.15) is 38.2 Å². The minimum atomic E-state index is -0.947. The Morgan fingerprint density at radius 3 is 2.81 bits per heavy atom. The Labute approximate surface area is 158 Å².